The molecule has 1 fully saturated rings. The van der Waals surface area contributed by atoms with Gasteiger partial charge in [-0.25, -0.2) is 14.5 Å². The molecule has 3 amide bonds. The Hall–Kier alpha value is -7.12. The minimum absolute atomic E-state index is 0.133. The van der Waals surface area contributed by atoms with E-state index in [1.54, 1.807) is 31.1 Å². The molecular weight excluding hydrogens is 973 g/mol. The Kier molecular flexibility index (Phi) is 14.8. The van der Waals surface area contributed by atoms with Crippen LogP contribution in [0.3, 0.4) is 0 Å². The van der Waals surface area contributed by atoms with Crippen molar-refractivity contribution in [3.8, 4) is 0 Å². The van der Waals surface area contributed by atoms with Crippen LogP contribution in [0.5, 0.6) is 0 Å². The number of benzene rings is 5. The smallest absolute Gasteiger partial charge is 0.413 e. The normalized spacial score (nSPS) is 15.9. The first kappa shape index (κ1) is 48.9. The Morgan fingerprint density at radius 2 is 1.39 bits per heavy atom. The highest BCUT2D eigenvalue weighted by molar-refractivity contribution is 8.01. The number of amides is 3. The molecule has 4 heterocycles. The van der Waals surface area contributed by atoms with Crippen molar-refractivity contribution in [3.05, 3.63) is 208 Å². The van der Waals surface area contributed by atoms with Crippen molar-refractivity contribution < 1.29 is 28.7 Å². The number of hydrogen-bond donors (Lipinski definition) is 2. The fraction of sp³-hybridized carbons (Fsp3) is 0.208. The number of rotatable bonds is 16. The Morgan fingerprint density at radius 1 is 0.845 bits per heavy atom. The molecule has 2 aliphatic rings. The highest BCUT2D eigenvalue weighted by atomic mass is 32.2. The molecule has 0 unspecified atom stereocenters. The van der Waals surface area contributed by atoms with Crippen LogP contribution in [0, 0.1) is 0 Å². The number of anilines is 1. The fourth-order valence-corrected chi connectivity index (χ4v) is 11.8. The van der Waals surface area contributed by atoms with Gasteiger partial charge in [-0.2, -0.15) is 0 Å². The molecule has 2 N–H and O–H groups in total. The summed E-state index contributed by atoms with van der Waals surface area (Å²) in [6.07, 6.45) is 0.673. The van der Waals surface area contributed by atoms with Crippen LogP contribution in [0.1, 0.15) is 60.4 Å². The van der Waals surface area contributed by atoms with Crippen molar-refractivity contribution in [3.63, 3.8) is 0 Å². The van der Waals surface area contributed by atoms with Gasteiger partial charge < -0.3 is 19.6 Å². The number of fused-ring (bicyclic) bond motifs is 1. The van der Waals surface area contributed by atoms with E-state index in [1.807, 2.05) is 126 Å². The second-order valence-electron chi connectivity index (χ2n) is 17.3. The molecule has 0 bridgehead atoms. The third-order valence-electron chi connectivity index (χ3n) is 11.5. The zero-order valence-electron chi connectivity index (χ0n) is 39.0. The van der Waals surface area contributed by atoms with E-state index in [0.717, 1.165) is 44.7 Å². The SMILES string of the molecule is CO/N=C(/C(=O)N[C@@H]1C(=O)N2C(C(=S)OC(c3ccccc3)c3ccccc3)=C(CSc3cn(C(c4ccccc4)(c4ccccc4)c4ccccc4)nn3)CS[C@H]12)c1csc(NC(=O)OC(C)(C)C)n1. The van der Waals surface area contributed by atoms with Crippen LogP contribution in [-0.2, 0) is 29.4 Å². The number of hydrogen-bond acceptors (Lipinski definition) is 14. The first-order valence-corrected chi connectivity index (χ1v) is 25.8. The van der Waals surface area contributed by atoms with Gasteiger partial charge in [0.05, 0.1) is 11.9 Å². The molecule has 0 aliphatic carbocycles. The molecule has 71 heavy (non-hydrogen) atoms. The lowest BCUT2D eigenvalue weighted by atomic mass is 9.77. The second kappa shape index (κ2) is 21.5. The highest BCUT2D eigenvalue weighted by Crippen LogP contribution is 2.44. The lowest BCUT2D eigenvalue weighted by Gasteiger charge is -2.50. The van der Waals surface area contributed by atoms with Crippen molar-refractivity contribution >= 4 is 80.9 Å². The van der Waals surface area contributed by atoms with Crippen molar-refractivity contribution in [2.24, 2.45) is 5.16 Å². The summed E-state index contributed by atoms with van der Waals surface area (Å²) in [6, 6.07) is 49.4. The van der Waals surface area contributed by atoms with Crippen molar-refractivity contribution in [2.45, 2.75) is 54.5 Å². The van der Waals surface area contributed by atoms with Crippen LogP contribution in [0.2, 0.25) is 0 Å². The van der Waals surface area contributed by atoms with Gasteiger partial charge in [0.25, 0.3) is 11.8 Å². The number of nitrogens with zero attached hydrogens (tertiary/aromatic N) is 6. The predicted octanol–water partition coefficient (Wildman–Crippen LogP) is 9.85. The summed E-state index contributed by atoms with van der Waals surface area (Å²) in [5.41, 5.74) is 4.47. The molecule has 14 nitrogen and oxygen atoms in total. The molecule has 0 radical (unpaired) electrons. The maximum Gasteiger partial charge on any atom is 0.413 e. The van der Waals surface area contributed by atoms with Crippen LogP contribution in [0.25, 0.3) is 0 Å². The van der Waals surface area contributed by atoms with Gasteiger partial charge in [-0.1, -0.05) is 174 Å². The average Bonchev–Trinajstić information content (AvgIpc) is 4.06. The molecule has 5 aromatic carbocycles. The quantitative estimate of drug-likeness (QED) is 0.0236. The molecule has 2 aromatic heterocycles. The first-order valence-electron chi connectivity index (χ1n) is 22.5. The molecule has 7 aromatic rings. The zero-order valence-corrected chi connectivity index (χ0v) is 42.3. The number of thioether (sulfide) groups is 2. The summed E-state index contributed by atoms with van der Waals surface area (Å²) in [7, 11) is 1.30. The summed E-state index contributed by atoms with van der Waals surface area (Å²) in [5.74, 6) is -0.238. The van der Waals surface area contributed by atoms with Crippen LogP contribution >= 0.6 is 47.1 Å². The molecule has 18 heteroatoms. The number of oxime groups is 1. The largest absolute Gasteiger partial charge is 0.469 e. The van der Waals surface area contributed by atoms with Crippen LogP contribution < -0.4 is 10.6 Å². The average molecular weight is 1020 g/mol. The summed E-state index contributed by atoms with van der Waals surface area (Å²) < 4.78 is 14.1. The number of thiazole rings is 1. The van der Waals surface area contributed by atoms with Crippen molar-refractivity contribution in [2.75, 3.05) is 23.9 Å². The van der Waals surface area contributed by atoms with E-state index in [2.05, 4.69) is 57.2 Å². The van der Waals surface area contributed by atoms with Gasteiger partial charge in [0.1, 0.15) is 46.5 Å². The van der Waals surface area contributed by atoms with E-state index in [9.17, 15) is 14.4 Å². The van der Waals surface area contributed by atoms with E-state index in [4.69, 9.17) is 36.8 Å². The number of nitrogens with one attached hydrogen (secondary N) is 2. The van der Waals surface area contributed by atoms with Gasteiger partial charge in [0, 0.05) is 16.9 Å². The molecule has 9 rings (SSSR count). The molecule has 1 saturated heterocycles. The summed E-state index contributed by atoms with van der Waals surface area (Å²) in [5, 5.41) is 21.0. The van der Waals surface area contributed by atoms with Gasteiger partial charge in [0.15, 0.2) is 10.8 Å². The Labute approximate surface area is 428 Å². The Morgan fingerprint density at radius 3 is 1.93 bits per heavy atom. The molecule has 0 spiro atoms. The molecule has 2 atom stereocenters. The number of carbonyl (C=O) groups excluding carboxylic acids is 3. The number of ether oxygens (including phenoxy) is 2. The van der Waals surface area contributed by atoms with Crippen LogP contribution in [0.15, 0.2) is 185 Å². The van der Waals surface area contributed by atoms with E-state index in [0.29, 0.717) is 22.2 Å². The number of aromatic nitrogens is 4. The number of β-lactam (4-membered cyclic amide) rings is 1. The molecule has 2 aliphatic heterocycles. The van der Waals surface area contributed by atoms with E-state index in [1.165, 1.54) is 30.6 Å². The summed E-state index contributed by atoms with van der Waals surface area (Å²) in [6.45, 7) is 5.24. The van der Waals surface area contributed by atoms with E-state index >= 15 is 0 Å². The van der Waals surface area contributed by atoms with E-state index < -0.39 is 40.7 Å². The monoisotopic (exact) mass is 1020 g/mol. The van der Waals surface area contributed by atoms with Gasteiger partial charge >= 0.3 is 6.09 Å². The third-order valence-corrected chi connectivity index (χ3v) is 14.9. The van der Waals surface area contributed by atoms with Crippen LogP contribution in [0.4, 0.5) is 9.93 Å². The van der Waals surface area contributed by atoms with Crippen molar-refractivity contribution in [1.82, 2.24) is 30.2 Å². The lowest BCUT2D eigenvalue weighted by Crippen LogP contribution is -2.71. The summed E-state index contributed by atoms with van der Waals surface area (Å²) >= 11 is 10.3. The number of thiocarbonyl (C=S) groups is 1. The highest BCUT2D eigenvalue weighted by Gasteiger charge is 2.54. The van der Waals surface area contributed by atoms with Crippen molar-refractivity contribution in [1.29, 1.82) is 0 Å². The number of carbonyl (C=O) groups is 3. The van der Waals surface area contributed by atoms with Gasteiger partial charge in [-0.3, -0.25) is 19.8 Å². The van der Waals surface area contributed by atoms with Crippen LogP contribution in [-0.4, -0.2) is 89.2 Å². The molecular formula is C53H48N8O6S4. The predicted molar refractivity (Wildman–Crippen MR) is 281 cm³/mol. The minimum Gasteiger partial charge on any atom is -0.469 e. The van der Waals surface area contributed by atoms with E-state index in [-0.39, 0.29) is 27.5 Å². The minimum atomic E-state index is -0.958. The molecule has 360 valence electrons. The third kappa shape index (κ3) is 10.5. The standard InChI is InChI=1S/C53H48N8O6S4/c1-52(2,3)67-51(64)56-50-54-40(33-71-50)42(58-65-4)46(62)55-43-47(63)61-44(49(68)66-45(34-20-10-5-11-21-34)35-22-12-6-13-23-35)36(32-70-48(43)61)31-69-41-30-60(59-57-41)53(37-24-14-7-15-25-37,38-26-16-8-17-27-38)39-28-18-9-19-29-39/h5-30,33,43,45,48H,31-32H2,1-4H3,(H,55,62)(H,54,56,64)/b58-42+/t43-,48-/m1/s1. The molecule has 0 saturated carbocycles. The second-order valence-corrected chi connectivity index (χ2v) is 20.6. The first-order chi connectivity index (χ1) is 34.4. The lowest BCUT2D eigenvalue weighted by molar-refractivity contribution is -0.144. The maximum absolute atomic E-state index is 14.5. The Balaban J connectivity index is 1.02. The maximum atomic E-state index is 14.5. The zero-order chi connectivity index (χ0) is 49.5. The van der Waals surface area contributed by atoms with Gasteiger partial charge in [-0.15, -0.1) is 28.2 Å². The Bertz CT molecular complexity index is 2940. The summed E-state index contributed by atoms with van der Waals surface area (Å²) in [4.78, 5) is 52.0. The van der Waals surface area contributed by atoms with Gasteiger partial charge in [0.2, 0.25) is 5.05 Å². The topological polar surface area (TPSA) is 162 Å². The fourth-order valence-electron chi connectivity index (χ4n) is 8.44. The van der Waals surface area contributed by atoms with Gasteiger partial charge in [-0.05, 0) is 66.4 Å².